The lowest BCUT2D eigenvalue weighted by atomic mass is 9.99. The van der Waals surface area contributed by atoms with E-state index in [9.17, 15) is 18.4 Å². The molecule has 0 fully saturated rings. The molecule has 0 aliphatic carbocycles. The van der Waals surface area contributed by atoms with E-state index in [0.717, 1.165) is 11.6 Å². The van der Waals surface area contributed by atoms with Gasteiger partial charge in [0.1, 0.15) is 11.3 Å². The monoisotopic (exact) mass is 453 g/mol. The van der Waals surface area contributed by atoms with Gasteiger partial charge in [0, 0.05) is 13.1 Å². The Kier molecular flexibility index (Phi) is 7.77. The summed E-state index contributed by atoms with van der Waals surface area (Å²) in [6, 6.07) is 18.0. The van der Waals surface area contributed by atoms with Crippen LogP contribution in [-0.4, -0.2) is 37.5 Å². The molecule has 0 aliphatic heterocycles. The third-order valence-electron chi connectivity index (χ3n) is 5.37. The summed E-state index contributed by atoms with van der Waals surface area (Å²) in [4.78, 5) is 26.9. The van der Waals surface area contributed by atoms with E-state index in [1.807, 2.05) is 37.3 Å². The van der Waals surface area contributed by atoms with Crippen LogP contribution in [0.1, 0.15) is 44.7 Å². The number of benzene rings is 3. The van der Waals surface area contributed by atoms with Crippen LogP contribution in [0.2, 0.25) is 0 Å². The smallest absolute Gasteiger partial charge is 0.341 e. The van der Waals surface area contributed by atoms with Gasteiger partial charge in [-0.25, -0.2) is 13.6 Å². The largest absolute Gasteiger partial charge is 0.496 e. The van der Waals surface area contributed by atoms with Gasteiger partial charge in [-0.3, -0.25) is 4.79 Å². The zero-order valence-corrected chi connectivity index (χ0v) is 18.7. The van der Waals surface area contributed by atoms with Crippen molar-refractivity contribution in [2.24, 2.45) is 0 Å². The predicted molar refractivity (Wildman–Crippen MR) is 120 cm³/mol. The second kappa shape index (κ2) is 10.7. The molecule has 172 valence electrons. The van der Waals surface area contributed by atoms with E-state index >= 15 is 0 Å². The van der Waals surface area contributed by atoms with Gasteiger partial charge in [0.25, 0.3) is 5.91 Å². The third kappa shape index (κ3) is 5.55. The third-order valence-corrected chi connectivity index (χ3v) is 5.37. The van der Waals surface area contributed by atoms with Gasteiger partial charge >= 0.3 is 5.97 Å². The number of nitrogens with zero attached hydrogens (tertiary/aromatic N) is 1. The fourth-order valence-electron chi connectivity index (χ4n) is 3.62. The zero-order valence-electron chi connectivity index (χ0n) is 18.7. The summed E-state index contributed by atoms with van der Waals surface area (Å²) in [5.41, 5.74) is 1.47. The molecule has 0 radical (unpaired) electrons. The van der Waals surface area contributed by atoms with Crippen LogP contribution in [0.3, 0.4) is 0 Å². The van der Waals surface area contributed by atoms with Gasteiger partial charge in [-0.05, 0) is 41.3 Å². The molecule has 0 heterocycles. The highest BCUT2D eigenvalue weighted by molar-refractivity contribution is 5.95. The van der Waals surface area contributed by atoms with Crippen LogP contribution < -0.4 is 4.74 Å². The fourth-order valence-corrected chi connectivity index (χ4v) is 3.62. The van der Waals surface area contributed by atoms with Crippen molar-refractivity contribution >= 4 is 11.9 Å². The Morgan fingerprint density at radius 3 is 2.33 bits per heavy atom. The van der Waals surface area contributed by atoms with E-state index in [-0.39, 0.29) is 30.1 Å². The Bertz CT molecular complexity index is 1130. The number of ether oxygens (including phenoxy) is 2. The van der Waals surface area contributed by atoms with Crippen LogP contribution >= 0.6 is 0 Å². The molecular weight excluding hydrogens is 428 g/mol. The molecule has 1 atom stereocenters. The summed E-state index contributed by atoms with van der Waals surface area (Å²) in [6.45, 7) is 2.27. The molecule has 3 aromatic rings. The number of hydrogen-bond donors (Lipinski definition) is 0. The minimum absolute atomic E-state index is 0.0694. The van der Waals surface area contributed by atoms with Crippen molar-refractivity contribution in [2.75, 3.05) is 20.8 Å². The molecule has 0 unspecified atom stereocenters. The average molecular weight is 453 g/mol. The quantitative estimate of drug-likeness (QED) is 0.440. The van der Waals surface area contributed by atoms with Gasteiger partial charge < -0.3 is 14.4 Å². The minimum atomic E-state index is -1.19. The number of halogens is 2. The number of amides is 1. The summed E-state index contributed by atoms with van der Waals surface area (Å²) in [6.07, 6.45) is 0. The number of carbonyl (C=O) groups excluding carboxylic acids is 2. The van der Waals surface area contributed by atoms with Crippen molar-refractivity contribution < 1.29 is 27.8 Å². The van der Waals surface area contributed by atoms with Crippen molar-refractivity contribution in [2.45, 2.75) is 19.4 Å². The Morgan fingerprint density at radius 1 is 0.939 bits per heavy atom. The number of methoxy groups -OCH3 is 2. The van der Waals surface area contributed by atoms with Crippen LogP contribution in [-0.2, 0) is 11.3 Å². The second-order valence-electron chi connectivity index (χ2n) is 7.63. The lowest BCUT2D eigenvalue weighted by Crippen LogP contribution is -2.34. The van der Waals surface area contributed by atoms with Crippen molar-refractivity contribution in [3.63, 3.8) is 0 Å². The van der Waals surface area contributed by atoms with Crippen LogP contribution in [0.15, 0.2) is 66.7 Å². The van der Waals surface area contributed by atoms with E-state index < -0.39 is 23.5 Å². The normalized spacial score (nSPS) is 11.5. The first-order valence-corrected chi connectivity index (χ1v) is 10.4. The SMILES string of the molecule is COC(=O)c1cc(CN(C[C@H](C)c2ccccc2)C(=O)c2cccc(F)c2F)ccc1OC. The molecule has 0 spiro atoms. The first kappa shape index (κ1) is 23.9. The molecular formula is C26H25F2NO4. The van der Waals surface area contributed by atoms with Crippen LogP contribution in [0, 0.1) is 11.6 Å². The summed E-state index contributed by atoms with van der Waals surface area (Å²) in [7, 11) is 2.70. The molecule has 0 bridgehead atoms. The Hall–Kier alpha value is -3.74. The van der Waals surface area contributed by atoms with Gasteiger partial charge in [-0.2, -0.15) is 0 Å². The van der Waals surface area contributed by atoms with Crippen LogP contribution in [0.25, 0.3) is 0 Å². The maximum atomic E-state index is 14.4. The van der Waals surface area contributed by atoms with E-state index in [4.69, 9.17) is 9.47 Å². The van der Waals surface area contributed by atoms with E-state index in [1.165, 1.54) is 31.3 Å². The summed E-state index contributed by atoms with van der Waals surface area (Å²) >= 11 is 0. The molecule has 0 aliphatic rings. The molecule has 1 amide bonds. The molecule has 0 N–H and O–H groups in total. The van der Waals surface area contributed by atoms with Crippen LogP contribution in [0.5, 0.6) is 5.75 Å². The van der Waals surface area contributed by atoms with Gasteiger partial charge in [-0.1, -0.05) is 49.4 Å². The summed E-state index contributed by atoms with van der Waals surface area (Å²) in [5, 5.41) is 0. The first-order chi connectivity index (χ1) is 15.8. The number of esters is 1. The Labute approximate surface area is 191 Å². The molecule has 33 heavy (non-hydrogen) atoms. The Morgan fingerprint density at radius 2 is 1.67 bits per heavy atom. The lowest BCUT2D eigenvalue weighted by Gasteiger charge is -2.27. The fraction of sp³-hybridized carbons (Fsp3) is 0.231. The van der Waals surface area contributed by atoms with Gasteiger partial charge in [0.05, 0.1) is 19.8 Å². The highest BCUT2D eigenvalue weighted by Gasteiger charge is 2.24. The lowest BCUT2D eigenvalue weighted by molar-refractivity contribution is 0.0597. The van der Waals surface area contributed by atoms with Crippen molar-refractivity contribution in [3.8, 4) is 5.75 Å². The average Bonchev–Trinajstić information content (AvgIpc) is 2.84. The van der Waals surface area contributed by atoms with Crippen molar-refractivity contribution in [1.82, 2.24) is 4.90 Å². The molecule has 5 nitrogen and oxygen atoms in total. The molecule has 0 saturated carbocycles. The van der Waals surface area contributed by atoms with Gasteiger partial charge in [-0.15, -0.1) is 0 Å². The van der Waals surface area contributed by atoms with Crippen molar-refractivity contribution in [1.29, 1.82) is 0 Å². The number of rotatable bonds is 8. The van der Waals surface area contributed by atoms with Crippen LogP contribution in [0.4, 0.5) is 8.78 Å². The highest BCUT2D eigenvalue weighted by atomic mass is 19.2. The number of carbonyl (C=O) groups is 2. The molecule has 3 aromatic carbocycles. The minimum Gasteiger partial charge on any atom is -0.496 e. The zero-order chi connectivity index (χ0) is 24.0. The van der Waals surface area contributed by atoms with Gasteiger partial charge in [0.15, 0.2) is 11.6 Å². The summed E-state index contributed by atoms with van der Waals surface area (Å²) < 4.78 is 38.3. The molecule has 3 rings (SSSR count). The van der Waals surface area contributed by atoms with Crippen molar-refractivity contribution in [3.05, 3.63) is 101 Å². The first-order valence-electron chi connectivity index (χ1n) is 10.4. The number of hydrogen-bond acceptors (Lipinski definition) is 4. The summed E-state index contributed by atoms with van der Waals surface area (Å²) in [5.74, 6) is -3.26. The van der Waals surface area contributed by atoms with Gasteiger partial charge in [0.2, 0.25) is 0 Å². The highest BCUT2D eigenvalue weighted by Crippen LogP contribution is 2.25. The van der Waals surface area contributed by atoms with E-state index in [2.05, 4.69) is 0 Å². The van der Waals surface area contributed by atoms with E-state index in [1.54, 1.807) is 18.2 Å². The van der Waals surface area contributed by atoms with E-state index in [0.29, 0.717) is 11.3 Å². The predicted octanol–water partition coefficient (Wildman–Crippen LogP) is 5.21. The molecule has 0 aromatic heterocycles. The Balaban J connectivity index is 1.97. The topological polar surface area (TPSA) is 55.8 Å². The maximum Gasteiger partial charge on any atom is 0.341 e. The maximum absolute atomic E-state index is 14.4. The standard InChI is InChI=1S/C26H25F2NO4/c1-17(19-8-5-4-6-9-19)15-29(25(30)20-10-7-11-22(27)24(20)28)16-18-12-13-23(32-2)21(14-18)26(31)33-3/h4-14,17H,15-16H2,1-3H3/t17-/m0/s1. The molecule has 0 saturated heterocycles. The molecule has 7 heteroatoms. The second-order valence-corrected chi connectivity index (χ2v) is 7.63.